The zero-order chi connectivity index (χ0) is 24.1. The highest BCUT2D eigenvalue weighted by molar-refractivity contribution is 7.99. The third-order valence-corrected chi connectivity index (χ3v) is 6.87. The van der Waals surface area contributed by atoms with E-state index in [0.717, 1.165) is 21.9 Å². The summed E-state index contributed by atoms with van der Waals surface area (Å²) >= 11 is 1.63. The molecule has 0 aliphatic carbocycles. The van der Waals surface area contributed by atoms with E-state index in [1.807, 2.05) is 48.5 Å². The quantitative estimate of drug-likeness (QED) is 0.519. The molecule has 1 aliphatic rings. The van der Waals surface area contributed by atoms with Crippen LogP contribution in [-0.4, -0.2) is 39.7 Å². The molecule has 0 unspecified atom stereocenters. The number of amides is 2. The van der Waals surface area contributed by atoms with Crippen LogP contribution in [0.3, 0.4) is 0 Å². The lowest BCUT2D eigenvalue weighted by molar-refractivity contribution is -0.121. The summed E-state index contributed by atoms with van der Waals surface area (Å²) < 4.78 is 15.8. The van der Waals surface area contributed by atoms with Crippen LogP contribution in [0.1, 0.15) is 17.2 Å². The molecule has 3 aromatic carbocycles. The normalized spacial score (nSPS) is 15.2. The van der Waals surface area contributed by atoms with E-state index in [0.29, 0.717) is 17.2 Å². The maximum absolute atomic E-state index is 13.3. The van der Waals surface area contributed by atoms with Crippen molar-refractivity contribution in [1.82, 2.24) is 0 Å². The van der Waals surface area contributed by atoms with Gasteiger partial charge in [0.25, 0.3) is 0 Å². The number of hydrogen-bond donors (Lipinski definition) is 1. The fourth-order valence-electron chi connectivity index (χ4n) is 3.81. The van der Waals surface area contributed by atoms with Crippen molar-refractivity contribution in [3.8, 4) is 17.2 Å². The van der Waals surface area contributed by atoms with E-state index in [-0.39, 0.29) is 30.0 Å². The number of rotatable bonds is 7. The molecule has 0 saturated carbocycles. The molecule has 0 fully saturated rings. The van der Waals surface area contributed by atoms with Crippen molar-refractivity contribution in [2.75, 3.05) is 38.1 Å². The smallest absolute Gasteiger partial charge is 0.244 e. The van der Waals surface area contributed by atoms with Crippen molar-refractivity contribution in [2.45, 2.75) is 16.6 Å². The number of fused-ring (bicyclic) bond motifs is 1. The molecule has 0 radical (unpaired) electrons. The second-order valence-electron chi connectivity index (χ2n) is 7.65. The lowest BCUT2D eigenvalue weighted by Crippen LogP contribution is -2.38. The van der Waals surface area contributed by atoms with Crippen LogP contribution in [0.25, 0.3) is 0 Å². The minimum Gasteiger partial charge on any atom is -0.497 e. The Labute approximate surface area is 203 Å². The number of anilines is 2. The van der Waals surface area contributed by atoms with Crippen molar-refractivity contribution < 1.29 is 23.8 Å². The van der Waals surface area contributed by atoms with Crippen LogP contribution in [-0.2, 0) is 9.59 Å². The Morgan fingerprint density at radius 1 is 0.971 bits per heavy atom. The van der Waals surface area contributed by atoms with Gasteiger partial charge in [-0.2, -0.15) is 0 Å². The molecule has 0 aromatic heterocycles. The number of nitrogens with zero attached hydrogens (tertiary/aromatic N) is 1. The molecule has 176 valence electrons. The predicted octanol–water partition coefficient (Wildman–Crippen LogP) is 4.92. The highest BCUT2D eigenvalue weighted by Crippen LogP contribution is 2.45. The van der Waals surface area contributed by atoms with E-state index in [1.54, 1.807) is 49.1 Å². The van der Waals surface area contributed by atoms with Gasteiger partial charge >= 0.3 is 0 Å². The summed E-state index contributed by atoms with van der Waals surface area (Å²) in [7, 11) is 4.71. The molecule has 0 spiro atoms. The van der Waals surface area contributed by atoms with Crippen molar-refractivity contribution in [3.63, 3.8) is 0 Å². The van der Waals surface area contributed by atoms with Crippen LogP contribution in [0.4, 0.5) is 11.4 Å². The second kappa shape index (κ2) is 10.5. The summed E-state index contributed by atoms with van der Waals surface area (Å²) in [6.45, 7) is -0.0971. The van der Waals surface area contributed by atoms with Crippen molar-refractivity contribution in [3.05, 3.63) is 72.3 Å². The van der Waals surface area contributed by atoms with E-state index in [9.17, 15) is 9.59 Å². The van der Waals surface area contributed by atoms with Gasteiger partial charge in [-0.25, -0.2) is 0 Å². The molecule has 0 saturated heterocycles. The molecule has 4 rings (SSSR count). The summed E-state index contributed by atoms with van der Waals surface area (Å²) in [5.74, 6) is 1.43. The van der Waals surface area contributed by atoms with Crippen LogP contribution in [0, 0.1) is 0 Å². The van der Waals surface area contributed by atoms with Gasteiger partial charge in [-0.05, 0) is 42.0 Å². The van der Waals surface area contributed by atoms with E-state index >= 15 is 0 Å². The summed E-state index contributed by atoms with van der Waals surface area (Å²) in [5, 5.41) is 2.78. The Morgan fingerprint density at radius 3 is 2.41 bits per heavy atom. The zero-order valence-corrected chi connectivity index (χ0v) is 20.1. The van der Waals surface area contributed by atoms with Gasteiger partial charge in [0.1, 0.15) is 12.3 Å². The van der Waals surface area contributed by atoms with E-state index in [1.165, 1.54) is 7.11 Å². The van der Waals surface area contributed by atoms with Gasteiger partial charge in [-0.3, -0.25) is 9.59 Å². The minimum absolute atomic E-state index is 0.0709. The zero-order valence-electron chi connectivity index (χ0n) is 19.2. The first kappa shape index (κ1) is 23.5. The Hall–Kier alpha value is -3.65. The third-order valence-electron chi connectivity index (χ3n) is 5.54. The maximum Gasteiger partial charge on any atom is 0.244 e. The van der Waals surface area contributed by atoms with E-state index in [4.69, 9.17) is 14.2 Å². The van der Waals surface area contributed by atoms with Crippen LogP contribution in [0.5, 0.6) is 17.2 Å². The number of carbonyl (C=O) groups is 2. The number of nitrogens with one attached hydrogen (secondary N) is 1. The first-order valence-electron chi connectivity index (χ1n) is 10.7. The number of hydrogen-bond acceptors (Lipinski definition) is 6. The monoisotopic (exact) mass is 478 g/mol. The maximum atomic E-state index is 13.3. The lowest BCUT2D eigenvalue weighted by atomic mass is 10.1. The number of methoxy groups -OCH3 is 3. The van der Waals surface area contributed by atoms with Crippen molar-refractivity contribution in [2.24, 2.45) is 0 Å². The van der Waals surface area contributed by atoms with Gasteiger partial charge in [0.05, 0.1) is 27.0 Å². The van der Waals surface area contributed by atoms with Gasteiger partial charge < -0.3 is 24.4 Å². The predicted molar refractivity (Wildman–Crippen MR) is 133 cm³/mol. The fraction of sp³-hybridized carbons (Fsp3) is 0.231. The Balaban J connectivity index is 1.55. The van der Waals surface area contributed by atoms with Gasteiger partial charge in [-0.15, -0.1) is 11.8 Å². The molecule has 1 heterocycles. The Kier molecular flexibility index (Phi) is 7.27. The first-order valence-corrected chi connectivity index (χ1v) is 11.6. The molecular weight excluding hydrogens is 452 g/mol. The SMILES string of the molecule is COc1ccc([C@H]2CC(=O)N(CC(=O)Nc3ccc(OC)c(OC)c3)c3ccccc3S2)cc1. The molecule has 1 N–H and O–H groups in total. The number of benzene rings is 3. The molecular formula is C26H26N2O5S. The number of ether oxygens (including phenoxy) is 3. The topological polar surface area (TPSA) is 77.1 Å². The summed E-state index contributed by atoms with van der Waals surface area (Å²) in [6, 6.07) is 20.5. The second-order valence-corrected chi connectivity index (χ2v) is 8.89. The number of thioether (sulfide) groups is 1. The minimum atomic E-state index is -0.303. The van der Waals surface area contributed by atoms with Crippen LogP contribution in [0.15, 0.2) is 71.6 Å². The summed E-state index contributed by atoms with van der Waals surface area (Å²) in [5.41, 5.74) is 2.32. The standard InChI is InChI=1S/C26H26N2O5S/c1-31-19-11-8-17(9-12-19)24-15-26(30)28(20-6-4-5-7-23(20)34-24)16-25(29)27-18-10-13-21(32-2)22(14-18)33-3/h4-14,24H,15-16H2,1-3H3,(H,27,29)/t24-/m1/s1. The average Bonchev–Trinajstić information content (AvgIpc) is 3.00. The largest absolute Gasteiger partial charge is 0.497 e. The van der Waals surface area contributed by atoms with Gasteiger partial charge in [0.2, 0.25) is 11.8 Å². The Morgan fingerprint density at radius 2 is 1.71 bits per heavy atom. The highest BCUT2D eigenvalue weighted by Gasteiger charge is 2.30. The average molecular weight is 479 g/mol. The van der Waals surface area contributed by atoms with Gasteiger partial charge in [0, 0.05) is 28.3 Å². The van der Waals surface area contributed by atoms with Crippen LogP contribution >= 0.6 is 11.8 Å². The van der Waals surface area contributed by atoms with Gasteiger partial charge in [0.15, 0.2) is 11.5 Å². The molecule has 34 heavy (non-hydrogen) atoms. The molecule has 7 nitrogen and oxygen atoms in total. The van der Waals surface area contributed by atoms with E-state index < -0.39 is 0 Å². The molecule has 3 aromatic rings. The van der Waals surface area contributed by atoms with E-state index in [2.05, 4.69) is 5.32 Å². The summed E-state index contributed by atoms with van der Waals surface area (Å²) in [6.07, 6.45) is 0.273. The lowest BCUT2D eigenvalue weighted by Gasteiger charge is -2.22. The number of carbonyl (C=O) groups excluding carboxylic acids is 2. The highest BCUT2D eigenvalue weighted by atomic mass is 32.2. The summed E-state index contributed by atoms with van der Waals surface area (Å²) in [4.78, 5) is 28.8. The van der Waals surface area contributed by atoms with Crippen LogP contribution < -0.4 is 24.4 Å². The molecule has 2 amide bonds. The van der Waals surface area contributed by atoms with Gasteiger partial charge in [-0.1, -0.05) is 24.3 Å². The fourth-order valence-corrected chi connectivity index (χ4v) is 5.10. The molecule has 1 aliphatic heterocycles. The molecule has 8 heteroatoms. The third kappa shape index (κ3) is 5.12. The van der Waals surface area contributed by atoms with Crippen molar-refractivity contribution in [1.29, 1.82) is 0 Å². The number of para-hydroxylation sites is 1. The Bertz CT molecular complexity index is 1180. The first-order chi connectivity index (χ1) is 16.5. The van der Waals surface area contributed by atoms with Crippen molar-refractivity contribution >= 4 is 35.0 Å². The molecule has 1 atom stereocenters. The van der Waals surface area contributed by atoms with Crippen LogP contribution in [0.2, 0.25) is 0 Å². The molecule has 0 bridgehead atoms.